The highest BCUT2D eigenvalue weighted by molar-refractivity contribution is 8.26. The molecule has 6 nitrogen and oxygen atoms in total. The molecule has 1 fully saturated rings. The zero-order valence-corrected chi connectivity index (χ0v) is 22.8. The number of alkyl halides is 3. The van der Waals surface area contributed by atoms with Crippen molar-refractivity contribution in [1.82, 2.24) is 4.90 Å². The van der Waals surface area contributed by atoms with Crippen LogP contribution >= 0.6 is 24.0 Å². The summed E-state index contributed by atoms with van der Waals surface area (Å²) in [6.07, 6.45) is -5.58. The number of carboxylic acids is 1. The number of aliphatic carboxylic acids is 1. The van der Waals surface area contributed by atoms with Gasteiger partial charge in [0.1, 0.15) is 10.9 Å². The first-order valence-electron chi connectivity index (χ1n) is 12.1. The van der Waals surface area contributed by atoms with Crippen LogP contribution in [0.15, 0.2) is 83.8 Å². The smallest absolute Gasteiger partial charge is 0.429 e. The topological polar surface area (TPSA) is 76.1 Å². The van der Waals surface area contributed by atoms with Crippen LogP contribution < -0.4 is 9.47 Å². The van der Waals surface area contributed by atoms with Crippen molar-refractivity contribution in [2.45, 2.75) is 25.1 Å². The first-order chi connectivity index (χ1) is 19.0. The molecule has 4 rings (SSSR count). The molecule has 3 aromatic rings. The lowest BCUT2D eigenvalue weighted by atomic mass is 10.0. The van der Waals surface area contributed by atoms with Crippen molar-refractivity contribution in [2.24, 2.45) is 0 Å². The maximum atomic E-state index is 14.1. The third kappa shape index (κ3) is 7.22. The largest absolute Gasteiger partial charge is 0.489 e. The van der Waals surface area contributed by atoms with Crippen molar-refractivity contribution in [3.05, 3.63) is 100 Å². The van der Waals surface area contributed by atoms with E-state index in [-0.39, 0.29) is 38.8 Å². The average molecular weight is 588 g/mol. The van der Waals surface area contributed by atoms with Gasteiger partial charge in [0.05, 0.1) is 11.5 Å². The molecule has 208 valence electrons. The molecule has 0 bridgehead atoms. The van der Waals surface area contributed by atoms with Crippen LogP contribution in [0, 0.1) is 0 Å². The van der Waals surface area contributed by atoms with Crippen LogP contribution in [-0.4, -0.2) is 45.5 Å². The number of rotatable bonds is 10. The molecule has 1 aliphatic heterocycles. The van der Waals surface area contributed by atoms with E-state index in [4.69, 9.17) is 26.8 Å². The van der Waals surface area contributed by atoms with Gasteiger partial charge in [-0.05, 0) is 29.3 Å². The van der Waals surface area contributed by atoms with Gasteiger partial charge in [0.2, 0.25) is 6.10 Å². The lowest BCUT2D eigenvalue weighted by Gasteiger charge is -2.24. The third-order valence-electron chi connectivity index (χ3n) is 5.93. The van der Waals surface area contributed by atoms with Crippen LogP contribution in [0.25, 0.3) is 6.08 Å². The molecule has 2 atom stereocenters. The van der Waals surface area contributed by atoms with E-state index >= 15 is 0 Å². The van der Waals surface area contributed by atoms with Crippen molar-refractivity contribution >= 4 is 46.3 Å². The monoisotopic (exact) mass is 587 g/mol. The molecule has 0 saturated carbocycles. The van der Waals surface area contributed by atoms with E-state index in [1.54, 1.807) is 12.1 Å². The van der Waals surface area contributed by atoms with Gasteiger partial charge in [-0.15, -0.1) is 0 Å². The number of hydrogen-bond acceptors (Lipinski definition) is 6. The molecule has 1 saturated heterocycles. The molecule has 3 aromatic carbocycles. The third-order valence-corrected chi connectivity index (χ3v) is 7.31. The summed E-state index contributed by atoms with van der Waals surface area (Å²) in [4.78, 5) is 24.9. The highest BCUT2D eigenvalue weighted by Gasteiger charge is 2.43. The van der Waals surface area contributed by atoms with Crippen molar-refractivity contribution in [3.63, 3.8) is 0 Å². The van der Waals surface area contributed by atoms with E-state index < -0.39 is 30.7 Å². The fourth-order valence-corrected chi connectivity index (χ4v) is 5.18. The Bertz CT molecular complexity index is 1410. The van der Waals surface area contributed by atoms with E-state index in [2.05, 4.69) is 0 Å². The summed E-state index contributed by atoms with van der Waals surface area (Å²) in [5.41, 5.74) is 1.27. The highest BCUT2D eigenvalue weighted by atomic mass is 32.2. The maximum absolute atomic E-state index is 14.1. The summed E-state index contributed by atoms with van der Waals surface area (Å²) in [7, 11) is 0. The van der Waals surface area contributed by atoms with E-state index in [1.807, 2.05) is 37.3 Å². The van der Waals surface area contributed by atoms with Crippen LogP contribution in [0.4, 0.5) is 13.2 Å². The molecular formula is C29H24F3NO5S2. The second-order valence-electron chi connectivity index (χ2n) is 8.94. The minimum Gasteiger partial charge on any atom is -0.489 e. The minimum absolute atomic E-state index is 0.0582. The lowest BCUT2D eigenvalue weighted by Crippen LogP contribution is -2.33. The van der Waals surface area contributed by atoms with Crippen molar-refractivity contribution in [3.8, 4) is 11.5 Å². The Hall–Kier alpha value is -3.83. The normalized spacial score (nSPS) is 16.2. The van der Waals surface area contributed by atoms with Gasteiger partial charge in [-0.3, -0.25) is 14.5 Å². The van der Waals surface area contributed by atoms with E-state index in [0.717, 1.165) is 22.2 Å². The summed E-state index contributed by atoms with van der Waals surface area (Å²) in [6, 6.07) is 21.2. The standard InChI is InChI=1S/C29H24F3NO5S2/c1-18(20-8-4-2-5-9-20)17-37-22-13-12-19(15-24-27(36)33(16-25(34)35)28(39)40-24)14-23(22)38-26(29(30,31)32)21-10-6-3-7-11-21/h2-15,18,26H,16-17H2,1H3,(H,34,35)/t18-,26-/m0/s1. The Morgan fingerprint density at radius 2 is 1.65 bits per heavy atom. The van der Waals surface area contributed by atoms with Crippen molar-refractivity contribution in [2.75, 3.05) is 13.2 Å². The summed E-state index contributed by atoms with van der Waals surface area (Å²) < 4.78 is 54.0. The van der Waals surface area contributed by atoms with Crippen LogP contribution in [-0.2, 0) is 9.59 Å². The minimum atomic E-state index is -4.73. The van der Waals surface area contributed by atoms with Gasteiger partial charge in [-0.2, -0.15) is 13.2 Å². The number of halogens is 3. The predicted octanol–water partition coefficient (Wildman–Crippen LogP) is 6.84. The van der Waals surface area contributed by atoms with Crippen molar-refractivity contribution in [1.29, 1.82) is 0 Å². The maximum Gasteiger partial charge on any atom is 0.429 e. The number of carbonyl (C=O) groups excluding carboxylic acids is 1. The molecular weight excluding hydrogens is 563 g/mol. The first kappa shape index (κ1) is 29.2. The van der Waals surface area contributed by atoms with Crippen molar-refractivity contribution < 1.29 is 37.3 Å². The van der Waals surface area contributed by atoms with Gasteiger partial charge in [0, 0.05) is 11.5 Å². The molecule has 1 heterocycles. The van der Waals surface area contributed by atoms with Gasteiger partial charge in [-0.1, -0.05) is 97.6 Å². The Kier molecular flexibility index (Phi) is 9.16. The number of hydrogen-bond donors (Lipinski definition) is 1. The SMILES string of the molecule is C[C@@H](COc1ccc(C=C2SC(=S)N(CC(=O)O)C2=O)cc1O[C@@H](c1ccccc1)C(F)(F)F)c1ccccc1. The van der Waals surface area contributed by atoms with E-state index in [9.17, 15) is 22.8 Å². The molecule has 0 aliphatic carbocycles. The Labute approximate surface area is 238 Å². The molecule has 1 amide bonds. The van der Waals surface area contributed by atoms with Crippen LogP contribution in [0.3, 0.4) is 0 Å². The number of ether oxygens (including phenoxy) is 2. The number of benzene rings is 3. The van der Waals surface area contributed by atoms with Gasteiger partial charge in [-0.25, -0.2) is 0 Å². The summed E-state index contributed by atoms with van der Waals surface area (Å²) in [5.74, 6) is -1.95. The molecule has 0 aromatic heterocycles. The van der Waals surface area contributed by atoms with Gasteiger partial charge in [0.15, 0.2) is 11.5 Å². The molecule has 0 spiro atoms. The van der Waals surface area contributed by atoms with Gasteiger partial charge < -0.3 is 14.6 Å². The summed E-state index contributed by atoms with van der Waals surface area (Å²) in [6.45, 7) is 1.52. The Morgan fingerprint density at radius 3 is 2.25 bits per heavy atom. The van der Waals surface area contributed by atoms with Gasteiger partial charge in [0.25, 0.3) is 5.91 Å². The van der Waals surface area contributed by atoms with Crippen LogP contribution in [0.2, 0.25) is 0 Å². The van der Waals surface area contributed by atoms with E-state index in [1.165, 1.54) is 42.5 Å². The number of nitrogens with zero attached hydrogens (tertiary/aromatic N) is 1. The van der Waals surface area contributed by atoms with Crippen LogP contribution in [0.1, 0.15) is 35.6 Å². The zero-order valence-electron chi connectivity index (χ0n) is 21.1. The molecule has 0 radical (unpaired) electrons. The second-order valence-corrected chi connectivity index (χ2v) is 10.6. The summed E-state index contributed by atoms with van der Waals surface area (Å²) >= 11 is 6.03. The van der Waals surface area contributed by atoms with Crippen LogP contribution in [0.5, 0.6) is 11.5 Å². The van der Waals surface area contributed by atoms with Gasteiger partial charge >= 0.3 is 12.1 Å². The number of thioether (sulfide) groups is 1. The molecule has 40 heavy (non-hydrogen) atoms. The average Bonchev–Trinajstić information content (AvgIpc) is 3.18. The Morgan fingerprint density at radius 1 is 1.02 bits per heavy atom. The predicted molar refractivity (Wildman–Crippen MR) is 150 cm³/mol. The second kappa shape index (κ2) is 12.6. The number of carboxylic acid groups (broad SMARTS) is 1. The molecule has 11 heteroatoms. The number of amides is 1. The zero-order chi connectivity index (χ0) is 28.9. The highest BCUT2D eigenvalue weighted by Crippen LogP contribution is 2.41. The number of carbonyl (C=O) groups is 2. The Balaban J connectivity index is 1.67. The molecule has 1 aliphatic rings. The quantitative estimate of drug-likeness (QED) is 0.206. The fourth-order valence-electron chi connectivity index (χ4n) is 3.92. The first-order valence-corrected chi connectivity index (χ1v) is 13.3. The van der Waals surface area contributed by atoms with E-state index in [0.29, 0.717) is 5.56 Å². The fraction of sp³-hybridized carbons (Fsp3) is 0.207. The lowest BCUT2D eigenvalue weighted by molar-refractivity contribution is -0.198. The molecule has 0 unspecified atom stereocenters. The summed E-state index contributed by atoms with van der Waals surface area (Å²) in [5, 5.41) is 9.05. The molecule has 1 N–H and O–H groups in total. The number of thiocarbonyl (C=S) groups is 1.